The Labute approximate surface area is 173 Å². The van der Waals surface area contributed by atoms with Crippen LogP contribution in [-0.4, -0.2) is 62.0 Å². The van der Waals surface area contributed by atoms with Crippen LogP contribution in [0, 0.1) is 6.92 Å². The van der Waals surface area contributed by atoms with Crippen molar-refractivity contribution in [1.29, 1.82) is 0 Å². The number of rotatable bonds is 9. The molecular weight excluding hydrogens is 366 g/mol. The number of amides is 2. The minimum Gasteiger partial charge on any atom is -0.372 e. The van der Waals surface area contributed by atoms with Gasteiger partial charge in [-0.2, -0.15) is 0 Å². The Morgan fingerprint density at radius 3 is 2.38 bits per heavy atom. The average molecular weight is 398 g/mol. The van der Waals surface area contributed by atoms with Gasteiger partial charge in [0.05, 0.1) is 0 Å². The summed E-state index contributed by atoms with van der Waals surface area (Å²) in [5.41, 5.74) is 3.45. The molecule has 7 heteroatoms. The van der Waals surface area contributed by atoms with E-state index in [0.717, 1.165) is 36.6 Å². The van der Waals surface area contributed by atoms with Crippen LogP contribution in [0.2, 0.25) is 0 Å². The van der Waals surface area contributed by atoms with Crippen LogP contribution in [0.5, 0.6) is 0 Å². The molecule has 0 saturated heterocycles. The number of pyridine rings is 1. The van der Waals surface area contributed by atoms with Crippen molar-refractivity contribution in [1.82, 2.24) is 15.2 Å². The van der Waals surface area contributed by atoms with E-state index in [1.54, 1.807) is 6.07 Å². The normalized spacial score (nSPS) is 10.7. The van der Waals surface area contributed by atoms with E-state index < -0.39 is 0 Å². The molecule has 0 spiro atoms. The minimum absolute atomic E-state index is 0.206. The number of nitrogens with zero attached hydrogens (tertiary/aromatic N) is 3. The second-order valence-electron chi connectivity index (χ2n) is 7.11. The predicted molar refractivity (Wildman–Crippen MR) is 118 cm³/mol. The van der Waals surface area contributed by atoms with Gasteiger partial charge in [0.2, 0.25) is 0 Å². The molecule has 29 heavy (non-hydrogen) atoms. The van der Waals surface area contributed by atoms with Crippen molar-refractivity contribution in [3.63, 3.8) is 0 Å². The topological polar surface area (TPSA) is 77.6 Å². The maximum Gasteiger partial charge on any atom is 0.274 e. The summed E-state index contributed by atoms with van der Waals surface area (Å²) < 4.78 is 0. The number of nitrogens with one attached hydrogen (secondary N) is 2. The molecule has 0 aliphatic heterocycles. The molecule has 2 rings (SSSR count). The second kappa shape index (κ2) is 10.6. The highest BCUT2D eigenvalue weighted by Gasteiger charge is 2.13. The number of carbonyl (C=O) groups is 2. The summed E-state index contributed by atoms with van der Waals surface area (Å²) in [6, 6.07) is 9.08. The number of hydrogen-bond acceptors (Lipinski definition) is 5. The van der Waals surface area contributed by atoms with Crippen molar-refractivity contribution in [3.05, 3.63) is 53.3 Å². The first-order valence-electron chi connectivity index (χ1n) is 9.91. The fraction of sp³-hybridized carbons (Fsp3) is 0.409. The van der Waals surface area contributed by atoms with Crippen LogP contribution >= 0.6 is 0 Å². The Bertz CT molecular complexity index is 847. The van der Waals surface area contributed by atoms with Gasteiger partial charge in [0.1, 0.15) is 5.69 Å². The molecule has 2 aromatic rings. The summed E-state index contributed by atoms with van der Waals surface area (Å²) in [5, 5.41) is 5.73. The molecule has 7 nitrogen and oxygen atoms in total. The fourth-order valence-corrected chi connectivity index (χ4v) is 2.95. The van der Waals surface area contributed by atoms with Crippen molar-refractivity contribution >= 4 is 23.2 Å². The van der Waals surface area contributed by atoms with E-state index in [0.29, 0.717) is 12.1 Å². The molecule has 0 saturated carbocycles. The van der Waals surface area contributed by atoms with E-state index >= 15 is 0 Å². The molecule has 1 aromatic carbocycles. The number of hydrogen-bond donors (Lipinski definition) is 2. The lowest BCUT2D eigenvalue weighted by molar-refractivity contribution is 0.0951. The van der Waals surface area contributed by atoms with Gasteiger partial charge in [0.15, 0.2) is 0 Å². The molecule has 0 unspecified atom stereocenters. The van der Waals surface area contributed by atoms with Gasteiger partial charge in [0, 0.05) is 49.3 Å². The van der Waals surface area contributed by atoms with Gasteiger partial charge >= 0.3 is 0 Å². The van der Waals surface area contributed by atoms with Crippen LogP contribution in [0.15, 0.2) is 36.5 Å². The third-order valence-corrected chi connectivity index (χ3v) is 4.69. The summed E-state index contributed by atoms with van der Waals surface area (Å²) in [6.45, 7) is 9.32. The molecule has 0 atom stereocenters. The van der Waals surface area contributed by atoms with Crippen molar-refractivity contribution in [3.8, 4) is 0 Å². The highest BCUT2D eigenvalue weighted by molar-refractivity contribution is 6.05. The Kier molecular flexibility index (Phi) is 8.15. The SMILES string of the molecule is CCN(CC)c1ccc(NC(=O)c2cc(C(=O)NCCN(C)C)ccn2)c(C)c1. The molecule has 1 aromatic heterocycles. The van der Waals surface area contributed by atoms with Gasteiger partial charge in [0.25, 0.3) is 11.8 Å². The van der Waals surface area contributed by atoms with Gasteiger partial charge in [-0.25, -0.2) is 0 Å². The Balaban J connectivity index is 2.08. The van der Waals surface area contributed by atoms with Gasteiger partial charge in [-0.3, -0.25) is 14.6 Å². The van der Waals surface area contributed by atoms with Gasteiger partial charge < -0.3 is 20.4 Å². The molecule has 0 radical (unpaired) electrons. The fourth-order valence-electron chi connectivity index (χ4n) is 2.95. The summed E-state index contributed by atoms with van der Waals surface area (Å²) in [4.78, 5) is 33.3. The third kappa shape index (κ3) is 6.29. The lowest BCUT2D eigenvalue weighted by Crippen LogP contribution is -2.31. The van der Waals surface area contributed by atoms with Gasteiger partial charge in [-0.1, -0.05) is 0 Å². The van der Waals surface area contributed by atoms with E-state index in [4.69, 9.17) is 0 Å². The van der Waals surface area contributed by atoms with Crippen LogP contribution in [0.3, 0.4) is 0 Å². The van der Waals surface area contributed by atoms with E-state index in [9.17, 15) is 9.59 Å². The first-order valence-corrected chi connectivity index (χ1v) is 9.91. The number of anilines is 2. The largest absolute Gasteiger partial charge is 0.372 e. The van der Waals surface area contributed by atoms with Crippen molar-refractivity contribution in [2.75, 3.05) is 50.5 Å². The standard InChI is InChI=1S/C22H31N5O2/c1-6-27(7-2)18-8-9-19(16(3)14-18)25-22(29)20-15-17(10-11-23-20)21(28)24-12-13-26(4)5/h8-11,14-15H,6-7,12-13H2,1-5H3,(H,24,28)(H,25,29). The molecule has 0 bridgehead atoms. The number of carbonyl (C=O) groups excluding carboxylic acids is 2. The zero-order valence-corrected chi connectivity index (χ0v) is 18.0. The predicted octanol–water partition coefficient (Wildman–Crippen LogP) is 2.78. The molecule has 0 fully saturated rings. The van der Waals surface area contributed by atoms with E-state index in [1.165, 1.54) is 12.3 Å². The monoisotopic (exact) mass is 397 g/mol. The Morgan fingerprint density at radius 2 is 1.76 bits per heavy atom. The Morgan fingerprint density at radius 1 is 1.03 bits per heavy atom. The minimum atomic E-state index is -0.341. The lowest BCUT2D eigenvalue weighted by Gasteiger charge is -2.22. The van der Waals surface area contributed by atoms with E-state index in [2.05, 4.69) is 40.4 Å². The van der Waals surface area contributed by atoms with Crippen LogP contribution in [0.1, 0.15) is 40.3 Å². The zero-order valence-electron chi connectivity index (χ0n) is 18.0. The number of benzene rings is 1. The molecular formula is C22H31N5O2. The first kappa shape index (κ1) is 22.4. The number of aryl methyl sites for hydroxylation is 1. The summed E-state index contributed by atoms with van der Waals surface area (Å²) in [5.74, 6) is -0.560. The van der Waals surface area contributed by atoms with Crippen molar-refractivity contribution in [2.45, 2.75) is 20.8 Å². The molecule has 1 heterocycles. The van der Waals surface area contributed by atoms with Crippen molar-refractivity contribution < 1.29 is 9.59 Å². The smallest absolute Gasteiger partial charge is 0.274 e. The maximum atomic E-state index is 12.7. The average Bonchev–Trinajstić information content (AvgIpc) is 2.70. The van der Waals surface area contributed by atoms with E-state index in [1.807, 2.05) is 38.1 Å². The maximum absolute atomic E-state index is 12.7. The molecule has 0 aliphatic carbocycles. The Hall–Kier alpha value is -2.93. The van der Waals surface area contributed by atoms with Crippen LogP contribution in [-0.2, 0) is 0 Å². The molecule has 2 N–H and O–H groups in total. The second-order valence-corrected chi connectivity index (χ2v) is 7.11. The highest BCUT2D eigenvalue weighted by Crippen LogP contribution is 2.23. The lowest BCUT2D eigenvalue weighted by atomic mass is 10.1. The zero-order chi connectivity index (χ0) is 21.4. The quantitative estimate of drug-likeness (QED) is 0.680. The van der Waals surface area contributed by atoms with Gasteiger partial charge in [-0.05, 0) is 70.8 Å². The first-order chi connectivity index (χ1) is 13.8. The van der Waals surface area contributed by atoms with Crippen molar-refractivity contribution in [2.24, 2.45) is 0 Å². The van der Waals surface area contributed by atoms with E-state index in [-0.39, 0.29) is 17.5 Å². The van der Waals surface area contributed by atoms with Crippen LogP contribution < -0.4 is 15.5 Å². The third-order valence-electron chi connectivity index (χ3n) is 4.69. The molecule has 0 aliphatic rings. The van der Waals surface area contributed by atoms with Gasteiger partial charge in [-0.15, -0.1) is 0 Å². The summed E-state index contributed by atoms with van der Waals surface area (Å²) >= 11 is 0. The summed E-state index contributed by atoms with van der Waals surface area (Å²) in [7, 11) is 3.88. The van der Waals surface area contributed by atoms with Crippen LogP contribution in [0.4, 0.5) is 11.4 Å². The highest BCUT2D eigenvalue weighted by atomic mass is 16.2. The summed E-state index contributed by atoms with van der Waals surface area (Å²) in [6.07, 6.45) is 1.48. The van der Waals surface area contributed by atoms with Crippen LogP contribution in [0.25, 0.3) is 0 Å². The number of likely N-dealkylation sites (N-methyl/N-ethyl adjacent to an activating group) is 1. The number of aromatic nitrogens is 1. The molecule has 156 valence electrons. The molecule has 2 amide bonds.